The first kappa shape index (κ1) is 17.5. The Hall–Kier alpha value is -1.90. The van der Waals surface area contributed by atoms with Crippen LogP contribution in [0.1, 0.15) is 12.2 Å². The van der Waals surface area contributed by atoms with E-state index >= 15 is 0 Å². The fraction of sp³-hybridized carbons (Fsp3) is 0.389. The number of benzene rings is 1. The van der Waals surface area contributed by atoms with E-state index in [-0.39, 0.29) is 6.04 Å². The van der Waals surface area contributed by atoms with Crippen molar-refractivity contribution in [2.24, 2.45) is 0 Å². The second-order valence-electron chi connectivity index (χ2n) is 6.47. The zero-order chi connectivity index (χ0) is 18.1. The number of para-hydroxylation sites is 1. The fourth-order valence-electron chi connectivity index (χ4n) is 3.21. The van der Waals surface area contributed by atoms with Gasteiger partial charge in [-0.2, -0.15) is 13.2 Å². The molecule has 1 fully saturated rings. The third-order valence-corrected chi connectivity index (χ3v) is 5.46. The Kier molecular flexibility index (Phi) is 4.73. The van der Waals surface area contributed by atoms with Crippen LogP contribution in [0, 0.1) is 0 Å². The number of fused-ring (bicyclic) bond motifs is 1. The predicted octanol–water partition coefficient (Wildman–Crippen LogP) is 4.28. The Morgan fingerprint density at radius 3 is 2.88 bits per heavy atom. The van der Waals surface area contributed by atoms with Crippen LogP contribution in [0.25, 0.3) is 21.0 Å². The quantitative estimate of drug-likeness (QED) is 0.716. The Morgan fingerprint density at radius 1 is 1.23 bits per heavy atom. The largest absolute Gasteiger partial charge is 0.457 e. The molecule has 0 radical (unpaired) electrons. The van der Waals surface area contributed by atoms with Gasteiger partial charge in [-0.1, -0.05) is 12.1 Å². The molecule has 0 spiro atoms. The zero-order valence-corrected chi connectivity index (χ0v) is 14.7. The van der Waals surface area contributed by atoms with Crippen LogP contribution in [0.5, 0.6) is 0 Å². The summed E-state index contributed by atoms with van der Waals surface area (Å²) in [7, 11) is 0. The van der Waals surface area contributed by atoms with Crippen molar-refractivity contribution in [2.75, 3.05) is 19.6 Å². The summed E-state index contributed by atoms with van der Waals surface area (Å²) in [6, 6.07) is 11.7. The molecule has 1 aliphatic heterocycles. The Balaban J connectivity index is 1.34. The van der Waals surface area contributed by atoms with Crippen molar-refractivity contribution in [3.8, 4) is 10.8 Å². The maximum Gasteiger partial charge on any atom is 0.401 e. The van der Waals surface area contributed by atoms with Crippen LogP contribution < -0.4 is 5.32 Å². The Morgan fingerprint density at radius 2 is 2.08 bits per heavy atom. The average molecular weight is 381 g/mol. The first-order valence-corrected chi connectivity index (χ1v) is 9.25. The van der Waals surface area contributed by atoms with E-state index in [1.165, 1.54) is 4.90 Å². The number of halogens is 3. The summed E-state index contributed by atoms with van der Waals surface area (Å²) in [5.41, 5.74) is 0.944. The minimum atomic E-state index is -4.14. The number of aromatic nitrogens is 1. The van der Waals surface area contributed by atoms with Gasteiger partial charge in [-0.05, 0) is 30.7 Å². The van der Waals surface area contributed by atoms with E-state index < -0.39 is 12.7 Å². The van der Waals surface area contributed by atoms with E-state index in [1.54, 1.807) is 11.3 Å². The molecule has 1 N–H and O–H groups in total. The van der Waals surface area contributed by atoms with Gasteiger partial charge in [0, 0.05) is 19.1 Å². The van der Waals surface area contributed by atoms with Crippen LogP contribution >= 0.6 is 11.3 Å². The van der Waals surface area contributed by atoms with Crippen LogP contribution in [0.3, 0.4) is 0 Å². The van der Waals surface area contributed by atoms with Crippen molar-refractivity contribution in [2.45, 2.75) is 25.2 Å². The third kappa shape index (κ3) is 4.08. The number of hydrogen-bond donors (Lipinski definition) is 1. The maximum atomic E-state index is 12.4. The maximum absolute atomic E-state index is 12.4. The lowest BCUT2D eigenvalue weighted by Gasteiger charge is -2.18. The van der Waals surface area contributed by atoms with Gasteiger partial charge in [0.15, 0.2) is 10.8 Å². The summed E-state index contributed by atoms with van der Waals surface area (Å²) < 4.78 is 44.3. The molecule has 2 aromatic heterocycles. The first-order valence-electron chi connectivity index (χ1n) is 8.43. The molecule has 4 nitrogen and oxygen atoms in total. The van der Waals surface area contributed by atoms with E-state index in [0.717, 1.165) is 21.0 Å². The molecule has 138 valence electrons. The summed E-state index contributed by atoms with van der Waals surface area (Å²) >= 11 is 1.57. The van der Waals surface area contributed by atoms with Crippen molar-refractivity contribution >= 4 is 21.6 Å². The molecule has 0 unspecified atom stereocenters. The normalized spacial score (nSPS) is 18.8. The van der Waals surface area contributed by atoms with Crippen molar-refractivity contribution < 1.29 is 17.6 Å². The van der Waals surface area contributed by atoms with Gasteiger partial charge >= 0.3 is 6.18 Å². The van der Waals surface area contributed by atoms with E-state index in [0.29, 0.717) is 31.8 Å². The molecule has 0 amide bonds. The summed E-state index contributed by atoms with van der Waals surface area (Å²) in [6.45, 7) is 0.528. The molecular weight excluding hydrogens is 363 g/mol. The van der Waals surface area contributed by atoms with Crippen LogP contribution in [0.2, 0.25) is 0 Å². The van der Waals surface area contributed by atoms with Crippen LogP contribution in [-0.4, -0.2) is 41.7 Å². The summed E-state index contributed by atoms with van der Waals surface area (Å²) in [6.07, 6.45) is -3.43. The van der Waals surface area contributed by atoms with Crippen LogP contribution in [0.15, 0.2) is 40.8 Å². The minimum absolute atomic E-state index is 0.0494. The van der Waals surface area contributed by atoms with E-state index in [9.17, 15) is 13.2 Å². The highest BCUT2D eigenvalue weighted by Gasteiger charge is 2.34. The second-order valence-corrected chi connectivity index (χ2v) is 7.50. The number of likely N-dealkylation sites (tertiary alicyclic amines) is 1. The lowest BCUT2D eigenvalue weighted by molar-refractivity contribution is -0.143. The molecule has 1 aromatic carbocycles. The summed E-state index contributed by atoms with van der Waals surface area (Å²) in [4.78, 5) is 6.01. The molecule has 26 heavy (non-hydrogen) atoms. The number of nitrogens with zero attached hydrogens (tertiary/aromatic N) is 2. The number of furan rings is 1. The smallest absolute Gasteiger partial charge is 0.401 e. The number of alkyl halides is 3. The third-order valence-electron chi connectivity index (χ3n) is 4.41. The zero-order valence-electron chi connectivity index (χ0n) is 13.9. The minimum Gasteiger partial charge on any atom is -0.457 e. The average Bonchev–Trinajstić information content (AvgIpc) is 3.30. The topological polar surface area (TPSA) is 41.3 Å². The van der Waals surface area contributed by atoms with Crippen molar-refractivity contribution in [1.29, 1.82) is 0 Å². The summed E-state index contributed by atoms with van der Waals surface area (Å²) in [5, 5.41) is 4.11. The molecule has 8 heteroatoms. The highest BCUT2D eigenvalue weighted by molar-refractivity contribution is 7.21. The van der Waals surface area contributed by atoms with Gasteiger partial charge in [0.25, 0.3) is 0 Å². The SMILES string of the molecule is FC(F)(F)CN1CC[C@H](NCc2ccc(-c3nc4ccccc4s3)o2)C1. The van der Waals surface area contributed by atoms with Gasteiger partial charge in [0.05, 0.1) is 23.3 Å². The van der Waals surface area contributed by atoms with Gasteiger partial charge in [-0.3, -0.25) is 4.90 Å². The van der Waals surface area contributed by atoms with Gasteiger partial charge in [-0.15, -0.1) is 11.3 Å². The van der Waals surface area contributed by atoms with Crippen molar-refractivity contribution in [3.63, 3.8) is 0 Å². The van der Waals surface area contributed by atoms with Crippen molar-refractivity contribution in [1.82, 2.24) is 15.2 Å². The number of nitrogens with one attached hydrogen (secondary N) is 1. The van der Waals surface area contributed by atoms with E-state index in [1.807, 2.05) is 36.4 Å². The van der Waals surface area contributed by atoms with Crippen LogP contribution in [0.4, 0.5) is 13.2 Å². The van der Waals surface area contributed by atoms with E-state index in [2.05, 4.69) is 10.3 Å². The molecule has 0 aliphatic carbocycles. The molecule has 3 aromatic rings. The second kappa shape index (κ2) is 7.02. The molecule has 3 heterocycles. The highest BCUT2D eigenvalue weighted by atomic mass is 32.1. The van der Waals surface area contributed by atoms with Gasteiger partial charge in [0.1, 0.15) is 5.76 Å². The molecule has 0 bridgehead atoms. The lowest BCUT2D eigenvalue weighted by Crippen LogP contribution is -2.36. The predicted molar refractivity (Wildman–Crippen MR) is 95.1 cm³/mol. The van der Waals surface area contributed by atoms with Gasteiger partial charge in [0.2, 0.25) is 0 Å². The molecule has 1 atom stereocenters. The van der Waals surface area contributed by atoms with Crippen LogP contribution in [-0.2, 0) is 6.54 Å². The van der Waals surface area contributed by atoms with E-state index in [4.69, 9.17) is 4.42 Å². The molecular formula is C18H18F3N3OS. The molecule has 1 aliphatic rings. The molecule has 4 rings (SSSR count). The lowest BCUT2D eigenvalue weighted by atomic mass is 10.2. The molecule has 1 saturated heterocycles. The van der Waals surface area contributed by atoms with Gasteiger partial charge in [-0.25, -0.2) is 4.98 Å². The number of rotatable bonds is 5. The number of thiazole rings is 1. The fourth-order valence-corrected chi connectivity index (χ4v) is 4.13. The Labute approximate surface area is 152 Å². The standard InChI is InChI=1S/C18H18F3N3OS/c19-18(20,21)11-24-8-7-12(10-24)22-9-13-5-6-15(25-13)17-23-14-3-1-2-4-16(14)26-17/h1-6,12,22H,7-11H2/t12-/m0/s1. The number of hydrogen-bond acceptors (Lipinski definition) is 5. The van der Waals surface area contributed by atoms with Gasteiger partial charge < -0.3 is 9.73 Å². The first-order chi connectivity index (χ1) is 12.5. The highest BCUT2D eigenvalue weighted by Crippen LogP contribution is 2.31. The Bertz CT molecular complexity index is 856. The molecule has 0 saturated carbocycles. The monoisotopic (exact) mass is 381 g/mol. The van der Waals surface area contributed by atoms with Crippen molar-refractivity contribution in [3.05, 3.63) is 42.2 Å². The summed E-state index contributed by atoms with van der Waals surface area (Å²) in [5.74, 6) is 1.47.